The van der Waals surface area contributed by atoms with Gasteiger partial charge in [0.15, 0.2) is 0 Å². The van der Waals surface area contributed by atoms with E-state index in [0.29, 0.717) is 0 Å². The van der Waals surface area contributed by atoms with Crippen molar-refractivity contribution in [3.05, 3.63) is 82.0 Å². The molecule has 3 nitrogen and oxygen atoms in total. The molecule has 2 aromatic carbocycles. The van der Waals surface area contributed by atoms with Crippen molar-refractivity contribution in [2.24, 2.45) is 5.92 Å². The molecule has 5 atom stereocenters. The third-order valence-electron chi connectivity index (χ3n) is 6.67. The van der Waals surface area contributed by atoms with E-state index in [0.717, 1.165) is 22.4 Å². The van der Waals surface area contributed by atoms with Gasteiger partial charge in [-0.15, -0.1) is 11.3 Å². The van der Waals surface area contributed by atoms with Gasteiger partial charge in [0.05, 0.1) is 17.5 Å². The number of halogens is 1. The monoisotopic (exact) mass is 498 g/mol. The Bertz CT molecular complexity index is 1140. The minimum atomic E-state index is -0.247. The number of carbonyl (C=O) groups is 1. The summed E-state index contributed by atoms with van der Waals surface area (Å²) in [6.45, 7) is 7.76. The van der Waals surface area contributed by atoms with E-state index < -0.39 is 0 Å². The van der Waals surface area contributed by atoms with E-state index in [4.69, 9.17) is 9.47 Å². The highest BCUT2D eigenvalue weighted by molar-refractivity contribution is 7.99. The minimum Gasteiger partial charge on any atom is -0.461 e. The van der Waals surface area contributed by atoms with Gasteiger partial charge in [-0.2, -0.15) is 11.8 Å². The third-order valence-corrected chi connectivity index (χ3v) is 8.87. The molecule has 1 unspecified atom stereocenters. The molecule has 0 spiro atoms. The Balaban J connectivity index is 1.59. The maximum absolute atomic E-state index is 13.3. The van der Waals surface area contributed by atoms with Crippen LogP contribution in [-0.2, 0) is 20.7 Å². The van der Waals surface area contributed by atoms with Crippen molar-refractivity contribution < 1.29 is 18.7 Å². The first-order valence-electron chi connectivity index (χ1n) is 11.6. The molecule has 180 valence electrons. The first-order valence-corrected chi connectivity index (χ1v) is 13.7. The van der Waals surface area contributed by atoms with E-state index in [-0.39, 0.29) is 41.3 Å². The summed E-state index contributed by atoms with van der Waals surface area (Å²) in [5.74, 6) is -0.345. The van der Waals surface area contributed by atoms with Gasteiger partial charge in [-0.05, 0) is 66.6 Å². The maximum Gasteiger partial charge on any atom is 0.302 e. The number of carbonyl (C=O) groups excluding carboxylic acids is 1. The highest BCUT2D eigenvalue weighted by Crippen LogP contribution is 2.42. The number of hydrogen-bond acceptors (Lipinski definition) is 5. The number of benzene rings is 2. The molecule has 1 aliphatic rings. The Morgan fingerprint density at radius 1 is 1.12 bits per heavy atom. The van der Waals surface area contributed by atoms with E-state index in [1.165, 1.54) is 35.1 Å². The molecule has 6 heteroatoms. The van der Waals surface area contributed by atoms with E-state index in [1.54, 1.807) is 23.1 Å². The molecule has 4 rings (SSSR count). The molecule has 3 aromatic rings. The fourth-order valence-electron chi connectivity index (χ4n) is 4.55. The molecule has 0 saturated carbocycles. The summed E-state index contributed by atoms with van der Waals surface area (Å²) >= 11 is 3.43. The Kier molecular flexibility index (Phi) is 7.80. The zero-order chi connectivity index (χ0) is 24.4. The molecule has 1 aliphatic heterocycles. The van der Waals surface area contributed by atoms with Gasteiger partial charge in [0.1, 0.15) is 11.9 Å². The van der Waals surface area contributed by atoms with Gasteiger partial charge in [-0.3, -0.25) is 4.79 Å². The van der Waals surface area contributed by atoms with Crippen LogP contribution in [-0.4, -0.2) is 29.7 Å². The van der Waals surface area contributed by atoms with Crippen molar-refractivity contribution in [2.75, 3.05) is 6.26 Å². The molecular formula is C28H31FO3S2. The molecule has 0 amide bonds. The van der Waals surface area contributed by atoms with Gasteiger partial charge < -0.3 is 9.47 Å². The first-order chi connectivity index (χ1) is 16.3. The molecule has 0 bridgehead atoms. The molecule has 2 heterocycles. The summed E-state index contributed by atoms with van der Waals surface area (Å²) in [5.41, 5.74) is 4.63. The molecule has 0 N–H and O–H groups in total. The summed E-state index contributed by atoms with van der Waals surface area (Å²) < 4.78 is 25.5. The van der Waals surface area contributed by atoms with Gasteiger partial charge in [0.25, 0.3) is 0 Å². The van der Waals surface area contributed by atoms with Gasteiger partial charge in [0.2, 0.25) is 0 Å². The number of rotatable bonds is 6. The predicted molar refractivity (Wildman–Crippen MR) is 139 cm³/mol. The third kappa shape index (κ3) is 5.40. The summed E-state index contributed by atoms with van der Waals surface area (Å²) in [7, 11) is 0. The fourth-order valence-corrected chi connectivity index (χ4v) is 6.63. The number of aryl methyl sites for hydroxylation is 1. The Morgan fingerprint density at radius 3 is 2.53 bits per heavy atom. The van der Waals surface area contributed by atoms with Crippen molar-refractivity contribution >= 4 is 29.1 Å². The van der Waals surface area contributed by atoms with Crippen LogP contribution in [0, 0.1) is 18.7 Å². The van der Waals surface area contributed by atoms with Crippen molar-refractivity contribution in [3.63, 3.8) is 0 Å². The zero-order valence-corrected chi connectivity index (χ0v) is 21.8. The van der Waals surface area contributed by atoms with Crippen molar-refractivity contribution in [3.8, 4) is 10.4 Å². The van der Waals surface area contributed by atoms with Crippen molar-refractivity contribution in [2.45, 2.75) is 57.7 Å². The van der Waals surface area contributed by atoms with Crippen LogP contribution >= 0.6 is 23.1 Å². The average Bonchev–Trinajstić information content (AvgIpc) is 3.27. The average molecular weight is 499 g/mol. The van der Waals surface area contributed by atoms with Crippen molar-refractivity contribution in [1.82, 2.24) is 0 Å². The lowest BCUT2D eigenvalue weighted by Crippen LogP contribution is -2.49. The molecule has 34 heavy (non-hydrogen) atoms. The lowest BCUT2D eigenvalue weighted by molar-refractivity contribution is -0.168. The normalized spacial score (nSPS) is 24.7. The Labute approximate surface area is 209 Å². The summed E-state index contributed by atoms with van der Waals surface area (Å²) in [6.07, 6.45) is 2.52. The largest absolute Gasteiger partial charge is 0.461 e. The number of esters is 1. The summed E-state index contributed by atoms with van der Waals surface area (Å²) in [6, 6.07) is 17.4. The summed E-state index contributed by atoms with van der Waals surface area (Å²) in [4.78, 5) is 14.2. The van der Waals surface area contributed by atoms with Crippen LogP contribution in [0.5, 0.6) is 0 Å². The van der Waals surface area contributed by atoms with Crippen LogP contribution in [0.1, 0.15) is 48.4 Å². The lowest BCUT2D eigenvalue weighted by atomic mass is 9.87. The van der Waals surface area contributed by atoms with Crippen LogP contribution in [0.2, 0.25) is 0 Å². The van der Waals surface area contributed by atoms with E-state index in [2.05, 4.69) is 57.4 Å². The van der Waals surface area contributed by atoms with Crippen LogP contribution in [0.15, 0.2) is 54.6 Å². The molecular weight excluding hydrogens is 467 g/mol. The van der Waals surface area contributed by atoms with Crippen LogP contribution in [0.25, 0.3) is 10.4 Å². The van der Waals surface area contributed by atoms with Gasteiger partial charge in [-0.25, -0.2) is 4.39 Å². The quantitative estimate of drug-likeness (QED) is 0.336. The van der Waals surface area contributed by atoms with E-state index >= 15 is 0 Å². The highest BCUT2D eigenvalue weighted by Gasteiger charge is 2.44. The highest BCUT2D eigenvalue weighted by atomic mass is 32.2. The van der Waals surface area contributed by atoms with Gasteiger partial charge >= 0.3 is 5.97 Å². The maximum atomic E-state index is 13.3. The molecule has 1 saturated heterocycles. The molecule has 1 fully saturated rings. The smallest absolute Gasteiger partial charge is 0.302 e. The number of thioether (sulfide) groups is 1. The predicted octanol–water partition coefficient (Wildman–Crippen LogP) is 7.21. The zero-order valence-electron chi connectivity index (χ0n) is 20.2. The molecule has 0 aliphatic carbocycles. The van der Waals surface area contributed by atoms with Crippen LogP contribution < -0.4 is 0 Å². The van der Waals surface area contributed by atoms with Gasteiger partial charge in [0, 0.05) is 29.0 Å². The number of hydrogen-bond donors (Lipinski definition) is 0. The second-order valence-corrected chi connectivity index (χ2v) is 11.2. The second kappa shape index (κ2) is 10.6. The van der Waals surface area contributed by atoms with Crippen LogP contribution in [0.3, 0.4) is 0 Å². The Hall–Kier alpha value is -2.15. The van der Waals surface area contributed by atoms with E-state index in [9.17, 15) is 9.18 Å². The standard InChI is InChI=1S/C28H31FO3S2/c1-16-6-7-21(27-28(33-5)26(32-19(4)30)17(2)18(3)31-27)14-22(16)15-24-12-13-25(34-24)20-8-10-23(29)11-9-20/h6-14,17-18,26-28H,15H2,1-5H3/t17-,18-,26+,27?,28-/m1/s1. The van der Waals surface area contributed by atoms with Crippen molar-refractivity contribution in [1.29, 1.82) is 0 Å². The summed E-state index contributed by atoms with van der Waals surface area (Å²) in [5, 5.41) is 0.0254. The fraction of sp³-hybridized carbons (Fsp3) is 0.393. The topological polar surface area (TPSA) is 35.5 Å². The first kappa shape index (κ1) is 25.0. The SMILES string of the molecule is CS[C@H]1C(c2ccc(C)c(Cc3ccc(-c4ccc(F)cc4)s3)c2)O[C@H](C)[C@@H](C)[C@@H]1OC(C)=O. The Morgan fingerprint density at radius 2 is 1.85 bits per heavy atom. The number of thiophene rings is 1. The van der Waals surface area contributed by atoms with Crippen LogP contribution in [0.4, 0.5) is 4.39 Å². The second-order valence-electron chi connectivity index (χ2n) is 9.03. The number of ether oxygens (including phenoxy) is 2. The van der Waals surface area contributed by atoms with Gasteiger partial charge in [-0.1, -0.05) is 37.3 Å². The minimum absolute atomic E-state index is 0.0157. The molecule has 1 aromatic heterocycles. The van der Waals surface area contributed by atoms with E-state index in [1.807, 2.05) is 12.1 Å². The lowest BCUT2D eigenvalue weighted by Gasteiger charge is -2.44. The molecule has 0 radical (unpaired) electrons.